The zero-order valence-corrected chi connectivity index (χ0v) is 13.8. The molecule has 1 amide bonds. The van der Waals surface area contributed by atoms with Gasteiger partial charge < -0.3 is 15.1 Å². The average Bonchev–Trinajstić information content (AvgIpc) is 2.44. The van der Waals surface area contributed by atoms with Crippen molar-refractivity contribution in [3.8, 4) is 0 Å². The molecular formula is C16H24ClN3O. The Hall–Kier alpha value is -1.26. The van der Waals surface area contributed by atoms with E-state index in [0.717, 1.165) is 36.9 Å². The van der Waals surface area contributed by atoms with Crippen LogP contribution in [-0.4, -0.2) is 49.1 Å². The van der Waals surface area contributed by atoms with Crippen molar-refractivity contribution < 1.29 is 4.79 Å². The van der Waals surface area contributed by atoms with Crippen LogP contribution in [-0.2, 0) is 4.79 Å². The van der Waals surface area contributed by atoms with E-state index in [0.29, 0.717) is 6.54 Å². The summed E-state index contributed by atoms with van der Waals surface area (Å²) in [5.74, 6) is 0.177. The van der Waals surface area contributed by atoms with Gasteiger partial charge in [0.25, 0.3) is 0 Å². The molecule has 0 radical (unpaired) electrons. The SMILES string of the molecule is CC(C)(C)NCC(=O)N1CCN(c2cccc(Cl)c2)CC1. The second-order valence-corrected chi connectivity index (χ2v) is 6.89. The van der Waals surface area contributed by atoms with E-state index in [2.05, 4.69) is 37.1 Å². The van der Waals surface area contributed by atoms with E-state index in [-0.39, 0.29) is 11.4 Å². The van der Waals surface area contributed by atoms with Crippen molar-refractivity contribution in [2.45, 2.75) is 26.3 Å². The molecule has 1 saturated heterocycles. The molecule has 0 spiro atoms. The first kappa shape index (κ1) is 16.1. The molecule has 0 bridgehead atoms. The summed E-state index contributed by atoms with van der Waals surface area (Å²) in [5, 5.41) is 4.00. The predicted octanol–water partition coefficient (Wildman–Crippen LogP) is 2.38. The van der Waals surface area contributed by atoms with Crippen LogP contribution in [0.5, 0.6) is 0 Å². The zero-order chi connectivity index (χ0) is 15.5. The van der Waals surface area contributed by atoms with Gasteiger partial charge in [-0.3, -0.25) is 4.79 Å². The first-order valence-corrected chi connectivity index (χ1v) is 7.76. The smallest absolute Gasteiger partial charge is 0.236 e. The molecule has 0 saturated carbocycles. The fourth-order valence-electron chi connectivity index (χ4n) is 2.34. The molecule has 1 N–H and O–H groups in total. The highest BCUT2D eigenvalue weighted by molar-refractivity contribution is 6.30. The van der Waals surface area contributed by atoms with Gasteiger partial charge in [0.2, 0.25) is 5.91 Å². The summed E-state index contributed by atoms with van der Waals surface area (Å²) in [7, 11) is 0. The number of nitrogens with zero attached hydrogens (tertiary/aromatic N) is 2. The van der Waals surface area contributed by atoms with E-state index in [1.165, 1.54) is 0 Å². The number of benzene rings is 1. The summed E-state index contributed by atoms with van der Waals surface area (Å²) in [5.41, 5.74) is 1.10. The highest BCUT2D eigenvalue weighted by Crippen LogP contribution is 2.20. The second-order valence-electron chi connectivity index (χ2n) is 6.45. The molecule has 5 heteroatoms. The maximum absolute atomic E-state index is 12.2. The molecule has 21 heavy (non-hydrogen) atoms. The van der Waals surface area contributed by atoms with E-state index in [4.69, 9.17) is 11.6 Å². The topological polar surface area (TPSA) is 35.6 Å². The Morgan fingerprint density at radius 3 is 2.48 bits per heavy atom. The van der Waals surface area contributed by atoms with Crippen LogP contribution in [0, 0.1) is 0 Å². The highest BCUT2D eigenvalue weighted by atomic mass is 35.5. The Kier molecular flexibility index (Phi) is 5.12. The number of anilines is 1. The summed E-state index contributed by atoms with van der Waals surface area (Å²) in [6, 6.07) is 7.87. The van der Waals surface area contributed by atoms with Gasteiger partial charge in [-0.2, -0.15) is 0 Å². The van der Waals surface area contributed by atoms with Gasteiger partial charge in [0, 0.05) is 42.4 Å². The average molecular weight is 310 g/mol. The first-order valence-electron chi connectivity index (χ1n) is 7.38. The third-order valence-corrected chi connectivity index (χ3v) is 3.81. The molecule has 1 aromatic carbocycles. The lowest BCUT2D eigenvalue weighted by Gasteiger charge is -2.36. The van der Waals surface area contributed by atoms with E-state index >= 15 is 0 Å². The van der Waals surface area contributed by atoms with E-state index in [1.807, 2.05) is 23.1 Å². The maximum Gasteiger partial charge on any atom is 0.236 e. The van der Waals surface area contributed by atoms with Crippen molar-refractivity contribution in [2.75, 3.05) is 37.6 Å². The lowest BCUT2D eigenvalue weighted by molar-refractivity contribution is -0.130. The van der Waals surface area contributed by atoms with Gasteiger partial charge in [-0.05, 0) is 39.0 Å². The summed E-state index contributed by atoms with van der Waals surface area (Å²) in [4.78, 5) is 16.4. The largest absolute Gasteiger partial charge is 0.368 e. The van der Waals surface area contributed by atoms with Crippen LogP contribution in [0.25, 0.3) is 0 Å². The number of carbonyl (C=O) groups is 1. The number of amides is 1. The molecule has 2 rings (SSSR count). The number of hydrogen-bond acceptors (Lipinski definition) is 3. The molecule has 1 aliphatic heterocycles. The molecule has 1 aromatic rings. The number of hydrogen-bond donors (Lipinski definition) is 1. The molecule has 4 nitrogen and oxygen atoms in total. The van der Waals surface area contributed by atoms with Gasteiger partial charge in [-0.25, -0.2) is 0 Å². The monoisotopic (exact) mass is 309 g/mol. The molecule has 0 unspecified atom stereocenters. The quantitative estimate of drug-likeness (QED) is 0.931. The van der Waals surface area contributed by atoms with Crippen molar-refractivity contribution in [3.05, 3.63) is 29.3 Å². The van der Waals surface area contributed by atoms with Crippen molar-refractivity contribution in [1.82, 2.24) is 10.2 Å². The third-order valence-electron chi connectivity index (χ3n) is 3.58. The first-order chi connectivity index (χ1) is 9.85. The Morgan fingerprint density at radius 1 is 1.24 bits per heavy atom. The van der Waals surface area contributed by atoms with E-state index in [1.54, 1.807) is 0 Å². The minimum absolute atomic E-state index is 0.0295. The lowest BCUT2D eigenvalue weighted by atomic mass is 10.1. The molecular weight excluding hydrogens is 286 g/mol. The fraction of sp³-hybridized carbons (Fsp3) is 0.562. The minimum atomic E-state index is -0.0295. The Bertz CT molecular complexity index is 491. The van der Waals surface area contributed by atoms with Crippen LogP contribution < -0.4 is 10.2 Å². The fourth-order valence-corrected chi connectivity index (χ4v) is 2.52. The number of carbonyl (C=O) groups excluding carboxylic acids is 1. The third kappa shape index (κ3) is 4.90. The van der Waals surface area contributed by atoms with Crippen LogP contribution in [0.4, 0.5) is 5.69 Å². The zero-order valence-electron chi connectivity index (χ0n) is 13.0. The van der Waals surface area contributed by atoms with Gasteiger partial charge in [0.15, 0.2) is 0 Å². The number of nitrogens with one attached hydrogen (secondary N) is 1. The van der Waals surface area contributed by atoms with Crippen LogP contribution in [0.1, 0.15) is 20.8 Å². The highest BCUT2D eigenvalue weighted by Gasteiger charge is 2.22. The van der Waals surface area contributed by atoms with Crippen LogP contribution in [0.3, 0.4) is 0 Å². The molecule has 0 atom stereocenters. The molecule has 1 heterocycles. The normalized spacial score (nSPS) is 16.2. The van der Waals surface area contributed by atoms with Crippen molar-refractivity contribution >= 4 is 23.2 Å². The summed E-state index contributed by atoms with van der Waals surface area (Å²) < 4.78 is 0. The van der Waals surface area contributed by atoms with Gasteiger partial charge >= 0.3 is 0 Å². The van der Waals surface area contributed by atoms with E-state index in [9.17, 15) is 4.79 Å². The second kappa shape index (κ2) is 6.67. The van der Waals surface area contributed by atoms with Crippen LogP contribution in [0.15, 0.2) is 24.3 Å². The maximum atomic E-state index is 12.2. The number of halogens is 1. The molecule has 0 aliphatic carbocycles. The Morgan fingerprint density at radius 2 is 1.90 bits per heavy atom. The van der Waals surface area contributed by atoms with Crippen molar-refractivity contribution in [1.29, 1.82) is 0 Å². The summed E-state index contributed by atoms with van der Waals surface area (Å²) >= 11 is 6.03. The Labute approximate surface area is 132 Å². The Balaban J connectivity index is 1.84. The lowest BCUT2D eigenvalue weighted by Crippen LogP contribution is -2.52. The standard InChI is InChI=1S/C16H24ClN3O/c1-16(2,3)18-12-15(21)20-9-7-19(8-10-20)14-6-4-5-13(17)11-14/h4-6,11,18H,7-10,12H2,1-3H3. The number of rotatable bonds is 3. The predicted molar refractivity (Wildman–Crippen MR) is 88.0 cm³/mol. The van der Waals surface area contributed by atoms with Crippen molar-refractivity contribution in [2.24, 2.45) is 0 Å². The number of piperazine rings is 1. The molecule has 1 fully saturated rings. The minimum Gasteiger partial charge on any atom is -0.368 e. The van der Waals surface area contributed by atoms with Gasteiger partial charge in [0.05, 0.1) is 6.54 Å². The van der Waals surface area contributed by atoms with Gasteiger partial charge in [0.1, 0.15) is 0 Å². The van der Waals surface area contributed by atoms with E-state index < -0.39 is 0 Å². The van der Waals surface area contributed by atoms with Crippen LogP contribution >= 0.6 is 11.6 Å². The molecule has 116 valence electrons. The van der Waals surface area contributed by atoms with Crippen molar-refractivity contribution in [3.63, 3.8) is 0 Å². The van der Waals surface area contributed by atoms with Crippen LogP contribution in [0.2, 0.25) is 5.02 Å². The van der Waals surface area contributed by atoms with Gasteiger partial charge in [-0.1, -0.05) is 17.7 Å². The summed E-state index contributed by atoms with van der Waals surface area (Å²) in [6.07, 6.45) is 0. The molecule has 1 aliphatic rings. The summed E-state index contributed by atoms with van der Waals surface area (Å²) in [6.45, 7) is 9.82. The molecule has 0 aromatic heterocycles. The van der Waals surface area contributed by atoms with Gasteiger partial charge in [-0.15, -0.1) is 0 Å².